The van der Waals surface area contributed by atoms with Gasteiger partial charge in [-0.05, 0) is 12.1 Å². The number of aromatic carboxylic acids is 1. The van der Waals surface area contributed by atoms with Crippen molar-refractivity contribution in [3.63, 3.8) is 0 Å². The lowest BCUT2D eigenvalue weighted by Crippen LogP contribution is -2.14. The molecule has 88 valence electrons. The lowest BCUT2D eigenvalue weighted by atomic mass is 10.3. The maximum Gasteiger partial charge on any atom is 0.354 e. The van der Waals surface area contributed by atoms with E-state index in [1.165, 1.54) is 6.07 Å². The van der Waals surface area contributed by atoms with Crippen molar-refractivity contribution in [1.82, 2.24) is 15.3 Å². The molecule has 0 fully saturated rings. The Hall–Kier alpha value is -1.79. The van der Waals surface area contributed by atoms with Crippen LogP contribution in [-0.4, -0.2) is 21.0 Å². The molecule has 2 rings (SSSR count). The number of carboxylic acid groups (broad SMARTS) is 1. The normalized spacial score (nSPS) is 10.4. The summed E-state index contributed by atoms with van der Waals surface area (Å²) in [6.07, 6.45) is 1.80. The molecule has 0 saturated heterocycles. The Kier molecular flexibility index (Phi) is 3.79. The summed E-state index contributed by atoms with van der Waals surface area (Å²) < 4.78 is 0. The Morgan fingerprint density at radius 1 is 1.41 bits per heavy atom. The summed E-state index contributed by atoms with van der Waals surface area (Å²) in [4.78, 5) is 19.8. The summed E-state index contributed by atoms with van der Waals surface area (Å²) in [5.74, 6) is -1.01. The standard InChI is InChI=1S/C11H11N3O2S/c15-11(16)10-3-1-2-8(14-10)4-12-5-9-6-13-7-17-9/h1-3,6-7,12H,4-5H2,(H,15,16). The number of nitrogens with one attached hydrogen (secondary N) is 1. The first kappa shape index (κ1) is 11.7. The number of thiazole rings is 1. The molecule has 0 aliphatic heterocycles. The van der Waals surface area contributed by atoms with Gasteiger partial charge in [0, 0.05) is 24.2 Å². The summed E-state index contributed by atoms with van der Waals surface area (Å²) in [5, 5.41) is 12.0. The van der Waals surface area contributed by atoms with Crippen LogP contribution in [0.5, 0.6) is 0 Å². The molecule has 5 nitrogen and oxygen atoms in total. The molecule has 0 aliphatic rings. The van der Waals surface area contributed by atoms with Gasteiger partial charge < -0.3 is 10.4 Å². The topological polar surface area (TPSA) is 75.1 Å². The fourth-order valence-corrected chi connectivity index (χ4v) is 1.90. The third kappa shape index (κ3) is 3.33. The Morgan fingerprint density at radius 2 is 2.29 bits per heavy atom. The van der Waals surface area contributed by atoms with Gasteiger partial charge in [0.25, 0.3) is 0 Å². The zero-order valence-corrected chi connectivity index (χ0v) is 9.78. The summed E-state index contributed by atoms with van der Waals surface area (Å²) in [6, 6.07) is 4.97. The number of aromatic nitrogens is 2. The van der Waals surface area contributed by atoms with Crippen LogP contribution in [0.3, 0.4) is 0 Å². The van der Waals surface area contributed by atoms with Crippen LogP contribution in [0.15, 0.2) is 29.9 Å². The van der Waals surface area contributed by atoms with E-state index >= 15 is 0 Å². The van der Waals surface area contributed by atoms with Crippen molar-refractivity contribution < 1.29 is 9.90 Å². The van der Waals surface area contributed by atoms with Crippen LogP contribution < -0.4 is 5.32 Å². The number of pyridine rings is 1. The van der Waals surface area contributed by atoms with Crippen LogP contribution in [0, 0.1) is 0 Å². The second-order valence-electron chi connectivity index (χ2n) is 3.39. The first-order valence-electron chi connectivity index (χ1n) is 5.03. The second kappa shape index (κ2) is 5.51. The van der Waals surface area contributed by atoms with E-state index in [4.69, 9.17) is 5.11 Å². The average molecular weight is 249 g/mol. The molecule has 0 aromatic carbocycles. The SMILES string of the molecule is O=C(O)c1cccc(CNCc2cncs2)n1. The maximum atomic E-state index is 10.7. The first-order chi connectivity index (χ1) is 8.25. The minimum absolute atomic E-state index is 0.0714. The molecule has 2 heterocycles. The van der Waals surface area contributed by atoms with Crippen LogP contribution >= 0.6 is 11.3 Å². The number of carboxylic acids is 1. The fraction of sp³-hybridized carbons (Fsp3) is 0.182. The highest BCUT2D eigenvalue weighted by atomic mass is 32.1. The van der Waals surface area contributed by atoms with Crippen molar-refractivity contribution in [1.29, 1.82) is 0 Å². The molecule has 2 aromatic heterocycles. The molecule has 17 heavy (non-hydrogen) atoms. The summed E-state index contributed by atoms with van der Waals surface area (Å²) in [7, 11) is 0. The third-order valence-corrected chi connectivity index (χ3v) is 2.89. The minimum Gasteiger partial charge on any atom is -0.477 e. The Balaban J connectivity index is 1.90. The monoisotopic (exact) mass is 249 g/mol. The number of hydrogen-bond acceptors (Lipinski definition) is 5. The van der Waals surface area contributed by atoms with Gasteiger partial charge in [-0.3, -0.25) is 4.98 Å². The lowest BCUT2D eigenvalue weighted by molar-refractivity contribution is 0.0690. The van der Waals surface area contributed by atoms with E-state index in [-0.39, 0.29) is 5.69 Å². The molecule has 2 aromatic rings. The van der Waals surface area contributed by atoms with E-state index in [0.717, 1.165) is 10.6 Å². The molecule has 0 bridgehead atoms. The van der Waals surface area contributed by atoms with E-state index < -0.39 is 5.97 Å². The average Bonchev–Trinajstić information content (AvgIpc) is 2.82. The predicted molar refractivity (Wildman–Crippen MR) is 63.9 cm³/mol. The molecule has 0 spiro atoms. The fourth-order valence-electron chi connectivity index (χ4n) is 1.34. The van der Waals surface area contributed by atoms with Crippen LogP contribution in [0.2, 0.25) is 0 Å². The van der Waals surface area contributed by atoms with Crippen LogP contribution in [0.4, 0.5) is 0 Å². The quantitative estimate of drug-likeness (QED) is 0.840. The Labute approximate surface area is 102 Å². The smallest absolute Gasteiger partial charge is 0.354 e. The summed E-state index contributed by atoms with van der Waals surface area (Å²) in [6.45, 7) is 1.25. The van der Waals surface area contributed by atoms with Gasteiger partial charge in [0.15, 0.2) is 0 Å². The van der Waals surface area contributed by atoms with Gasteiger partial charge in [0.2, 0.25) is 0 Å². The molecule has 0 radical (unpaired) electrons. The highest BCUT2D eigenvalue weighted by Crippen LogP contribution is 2.05. The van der Waals surface area contributed by atoms with Gasteiger partial charge in [-0.1, -0.05) is 6.07 Å². The van der Waals surface area contributed by atoms with Crippen LogP contribution in [0.1, 0.15) is 21.1 Å². The molecule has 0 unspecified atom stereocenters. The zero-order valence-electron chi connectivity index (χ0n) is 8.96. The van der Waals surface area contributed by atoms with Crippen LogP contribution in [0.25, 0.3) is 0 Å². The van der Waals surface area contributed by atoms with Crippen molar-refractivity contribution in [3.8, 4) is 0 Å². The predicted octanol–water partition coefficient (Wildman–Crippen LogP) is 1.53. The van der Waals surface area contributed by atoms with Gasteiger partial charge in [0.05, 0.1) is 11.2 Å². The van der Waals surface area contributed by atoms with E-state index in [1.807, 2.05) is 0 Å². The lowest BCUT2D eigenvalue weighted by Gasteiger charge is -2.03. The Morgan fingerprint density at radius 3 is 3.00 bits per heavy atom. The maximum absolute atomic E-state index is 10.7. The minimum atomic E-state index is -1.01. The molecular weight excluding hydrogens is 238 g/mol. The van der Waals surface area contributed by atoms with Gasteiger partial charge in [-0.25, -0.2) is 9.78 Å². The second-order valence-corrected chi connectivity index (χ2v) is 4.36. The first-order valence-corrected chi connectivity index (χ1v) is 5.91. The van der Waals surface area contributed by atoms with Crippen molar-refractivity contribution in [2.45, 2.75) is 13.1 Å². The molecule has 2 N–H and O–H groups in total. The molecule has 0 aliphatic carbocycles. The van der Waals surface area contributed by atoms with Crippen molar-refractivity contribution >= 4 is 17.3 Å². The number of hydrogen-bond donors (Lipinski definition) is 2. The number of rotatable bonds is 5. The molecular formula is C11H11N3O2S. The molecule has 0 saturated carbocycles. The van der Waals surface area contributed by atoms with Gasteiger partial charge >= 0.3 is 5.97 Å². The van der Waals surface area contributed by atoms with E-state index in [1.54, 1.807) is 35.2 Å². The van der Waals surface area contributed by atoms with Gasteiger partial charge in [-0.15, -0.1) is 11.3 Å². The zero-order chi connectivity index (χ0) is 12.1. The number of nitrogens with zero attached hydrogens (tertiary/aromatic N) is 2. The van der Waals surface area contributed by atoms with E-state index in [2.05, 4.69) is 15.3 Å². The van der Waals surface area contributed by atoms with Gasteiger partial charge in [0.1, 0.15) is 5.69 Å². The summed E-state index contributed by atoms with van der Waals surface area (Å²) >= 11 is 1.58. The van der Waals surface area contributed by atoms with Crippen LogP contribution in [-0.2, 0) is 13.1 Å². The third-order valence-electron chi connectivity index (χ3n) is 2.11. The van der Waals surface area contributed by atoms with Crippen molar-refractivity contribution in [2.75, 3.05) is 0 Å². The molecule has 0 amide bonds. The Bertz CT molecular complexity index is 499. The largest absolute Gasteiger partial charge is 0.477 e. The van der Waals surface area contributed by atoms with Crippen molar-refractivity contribution in [3.05, 3.63) is 46.2 Å². The number of carbonyl (C=O) groups is 1. The highest BCUT2D eigenvalue weighted by molar-refractivity contribution is 7.09. The van der Waals surface area contributed by atoms with E-state index in [9.17, 15) is 4.79 Å². The van der Waals surface area contributed by atoms with E-state index in [0.29, 0.717) is 13.1 Å². The van der Waals surface area contributed by atoms with Gasteiger partial charge in [-0.2, -0.15) is 0 Å². The molecule has 6 heteroatoms. The summed E-state index contributed by atoms with van der Waals surface area (Å²) in [5.41, 5.74) is 2.57. The van der Waals surface area contributed by atoms with Crippen molar-refractivity contribution in [2.24, 2.45) is 0 Å². The highest BCUT2D eigenvalue weighted by Gasteiger charge is 2.04. The molecule has 0 atom stereocenters.